The fraction of sp³-hybridized carbons (Fsp3) is 0.571. The minimum Gasteiger partial charge on any atom is -0.481 e. The first-order valence-electron chi connectivity index (χ1n) is 6.63. The molecule has 1 fully saturated rings. The van der Waals surface area contributed by atoms with Crippen LogP contribution in [0, 0.1) is 5.41 Å². The van der Waals surface area contributed by atoms with E-state index in [0.717, 1.165) is 17.7 Å². The van der Waals surface area contributed by atoms with E-state index in [2.05, 4.69) is 18.3 Å². The van der Waals surface area contributed by atoms with Crippen molar-refractivity contribution in [2.24, 2.45) is 5.41 Å². The van der Waals surface area contributed by atoms with Crippen molar-refractivity contribution in [3.05, 3.63) is 21.9 Å². The molecule has 0 spiro atoms. The summed E-state index contributed by atoms with van der Waals surface area (Å²) in [5.41, 5.74) is -0.798. The van der Waals surface area contributed by atoms with Crippen LogP contribution in [-0.4, -0.2) is 17.0 Å². The monoisotopic (exact) mass is 281 g/mol. The molecule has 0 bridgehead atoms. The molecule has 0 radical (unpaired) electrons. The highest BCUT2D eigenvalue weighted by Crippen LogP contribution is 2.44. The molecule has 1 aliphatic carbocycles. The van der Waals surface area contributed by atoms with Crippen LogP contribution in [0.3, 0.4) is 0 Å². The molecule has 1 heterocycles. The molecule has 0 saturated heterocycles. The van der Waals surface area contributed by atoms with Gasteiger partial charge in [0.2, 0.25) is 5.91 Å². The van der Waals surface area contributed by atoms with Crippen molar-refractivity contribution in [1.29, 1.82) is 0 Å². The molecule has 5 heteroatoms. The first kappa shape index (κ1) is 14.1. The van der Waals surface area contributed by atoms with Crippen LogP contribution >= 0.6 is 11.3 Å². The molecule has 0 unspecified atom stereocenters. The topological polar surface area (TPSA) is 66.4 Å². The second kappa shape index (κ2) is 5.74. The molecule has 0 aromatic carbocycles. The van der Waals surface area contributed by atoms with Crippen LogP contribution in [0.1, 0.15) is 42.4 Å². The molecular weight excluding hydrogens is 262 g/mol. The zero-order chi connectivity index (χ0) is 13.9. The largest absolute Gasteiger partial charge is 0.481 e. The predicted molar refractivity (Wildman–Crippen MR) is 74.1 cm³/mol. The Morgan fingerprint density at radius 3 is 2.53 bits per heavy atom. The standard InChI is InChI=1S/C14H19NO3S/c1-2-10-4-5-11(19-10)9-15-12(16)8-14(13(17)18)6-3-7-14/h4-5H,2-3,6-9H2,1H3,(H,15,16)(H,17,18). The van der Waals surface area contributed by atoms with Gasteiger partial charge in [0.1, 0.15) is 0 Å². The van der Waals surface area contributed by atoms with E-state index in [9.17, 15) is 14.7 Å². The summed E-state index contributed by atoms with van der Waals surface area (Å²) in [6.07, 6.45) is 3.25. The normalized spacial score (nSPS) is 16.7. The van der Waals surface area contributed by atoms with Crippen LogP contribution in [0.2, 0.25) is 0 Å². The zero-order valence-electron chi connectivity index (χ0n) is 11.1. The maximum Gasteiger partial charge on any atom is 0.310 e. The summed E-state index contributed by atoms with van der Waals surface area (Å²) < 4.78 is 0. The van der Waals surface area contributed by atoms with Crippen molar-refractivity contribution in [3.63, 3.8) is 0 Å². The van der Waals surface area contributed by atoms with Crippen LogP contribution < -0.4 is 5.32 Å². The van der Waals surface area contributed by atoms with Gasteiger partial charge in [0.25, 0.3) is 0 Å². The first-order valence-corrected chi connectivity index (χ1v) is 7.45. The number of rotatable bonds is 6. The lowest BCUT2D eigenvalue weighted by molar-refractivity contribution is -0.157. The number of carboxylic acids is 1. The predicted octanol–water partition coefficient (Wildman–Crippen LogP) is 2.57. The number of carbonyl (C=O) groups is 2. The van der Waals surface area contributed by atoms with Gasteiger partial charge in [-0.2, -0.15) is 0 Å². The number of aliphatic carboxylic acids is 1. The highest BCUT2D eigenvalue weighted by molar-refractivity contribution is 7.11. The van der Waals surface area contributed by atoms with Gasteiger partial charge in [-0.25, -0.2) is 0 Å². The quantitative estimate of drug-likeness (QED) is 0.842. The maximum atomic E-state index is 11.8. The van der Waals surface area contributed by atoms with Crippen molar-refractivity contribution in [2.45, 2.75) is 45.6 Å². The van der Waals surface area contributed by atoms with E-state index in [1.54, 1.807) is 11.3 Å². The van der Waals surface area contributed by atoms with Gasteiger partial charge in [-0.3, -0.25) is 9.59 Å². The Labute approximate surface area is 116 Å². The molecule has 1 saturated carbocycles. The van der Waals surface area contributed by atoms with Gasteiger partial charge in [0, 0.05) is 16.2 Å². The molecule has 0 atom stereocenters. The van der Waals surface area contributed by atoms with Crippen LogP contribution in [0.5, 0.6) is 0 Å². The smallest absolute Gasteiger partial charge is 0.310 e. The Morgan fingerprint density at radius 1 is 1.37 bits per heavy atom. The molecular formula is C14H19NO3S. The number of carbonyl (C=O) groups excluding carboxylic acids is 1. The molecule has 1 aromatic heterocycles. The molecule has 104 valence electrons. The Bertz CT molecular complexity index is 477. The molecule has 2 N–H and O–H groups in total. The van der Waals surface area contributed by atoms with Crippen molar-refractivity contribution in [2.75, 3.05) is 0 Å². The zero-order valence-corrected chi connectivity index (χ0v) is 11.9. The number of aryl methyl sites for hydroxylation is 1. The fourth-order valence-electron chi connectivity index (χ4n) is 2.33. The number of hydrogen-bond donors (Lipinski definition) is 2. The summed E-state index contributed by atoms with van der Waals surface area (Å²) in [5, 5.41) is 12.0. The molecule has 0 aliphatic heterocycles. The van der Waals surface area contributed by atoms with E-state index in [4.69, 9.17) is 0 Å². The van der Waals surface area contributed by atoms with Crippen molar-refractivity contribution in [3.8, 4) is 0 Å². The minimum absolute atomic E-state index is 0.105. The summed E-state index contributed by atoms with van der Waals surface area (Å²) in [5.74, 6) is -0.994. The summed E-state index contributed by atoms with van der Waals surface area (Å²) >= 11 is 1.69. The lowest BCUT2D eigenvalue weighted by Gasteiger charge is -2.36. The van der Waals surface area contributed by atoms with E-state index < -0.39 is 11.4 Å². The van der Waals surface area contributed by atoms with Crippen LogP contribution in [-0.2, 0) is 22.6 Å². The highest BCUT2D eigenvalue weighted by Gasteiger charge is 2.45. The molecule has 19 heavy (non-hydrogen) atoms. The molecule has 2 rings (SSSR count). The van der Waals surface area contributed by atoms with E-state index in [1.807, 2.05) is 6.07 Å². The van der Waals surface area contributed by atoms with Gasteiger partial charge in [-0.05, 0) is 31.4 Å². The summed E-state index contributed by atoms with van der Waals surface area (Å²) in [6, 6.07) is 4.08. The Hall–Kier alpha value is -1.36. The third kappa shape index (κ3) is 3.15. The van der Waals surface area contributed by atoms with Gasteiger partial charge in [-0.1, -0.05) is 13.3 Å². The molecule has 4 nitrogen and oxygen atoms in total. The van der Waals surface area contributed by atoms with Gasteiger partial charge in [0.05, 0.1) is 12.0 Å². The van der Waals surface area contributed by atoms with Crippen molar-refractivity contribution in [1.82, 2.24) is 5.32 Å². The third-order valence-electron chi connectivity index (χ3n) is 3.79. The van der Waals surface area contributed by atoms with E-state index in [-0.39, 0.29) is 12.3 Å². The number of carboxylic acid groups (broad SMARTS) is 1. The van der Waals surface area contributed by atoms with Gasteiger partial charge < -0.3 is 10.4 Å². The Balaban J connectivity index is 1.83. The number of hydrogen-bond acceptors (Lipinski definition) is 3. The van der Waals surface area contributed by atoms with Crippen molar-refractivity contribution < 1.29 is 14.7 Å². The van der Waals surface area contributed by atoms with Gasteiger partial charge in [-0.15, -0.1) is 11.3 Å². The fourth-order valence-corrected chi connectivity index (χ4v) is 3.23. The Morgan fingerprint density at radius 2 is 2.05 bits per heavy atom. The molecule has 1 aliphatic rings. The van der Waals surface area contributed by atoms with Crippen LogP contribution in [0.15, 0.2) is 12.1 Å². The second-order valence-electron chi connectivity index (χ2n) is 5.11. The van der Waals surface area contributed by atoms with E-state index in [0.29, 0.717) is 19.4 Å². The lowest BCUT2D eigenvalue weighted by Crippen LogP contribution is -2.42. The van der Waals surface area contributed by atoms with E-state index >= 15 is 0 Å². The SMILES string of the molecule is CCc1ccc(CNC(=O)CC2(C(=O)O)CCC2)s1. The average Bonchev–Trinajstić information content (AvgIpc) is 2.78. The maximum absolute atomic E-state index is 11.8. The van der Waals surface area contributed by atoms with Crippen LogP contribution in [0.25, 0.3) is 0 Å². The summed E-state index contributed by atoms with van der Waals surface area (Å²) in [7, 11) is 0. The summed E-state index contributed by atoms with van der Waals surface area (Å²) in [4.78, 5) is 25.4. The Kier molecular flexibility index (Phi) is 4.24. The minimum atomic E-state index is -0.835. The summed E-state index contributed by atoms with van der Waals surface area (Å²) in [6.45, 7) is 2.60. The highest BCUT2D eigenvalue weighted by atomic mass is 32.1. The third-order valence-corrected chi connectivity index (χ3v) is 5.02. The van der Waals surface area contributed by atoms with Gasteiger partial charge >= 0.3 is 5.97 Å². The number of thiophene rings is 1. The van der Waals surface area contributed by atoms with E-state index in [1.165, 1.54) is 4.88 Å². The second-order valence-corrected chi connectivity index (χ2v) is 6.37. The number of amides is 1. The molecule has 1 amide bonds. The first-order chi connectivity index (χ1) is 9.05. The average molecular weight is 281 g/mol. The molecule has 1 aromatic rings. The van der Waals surface area contributed by atoms with Crippen LogP contribution in [0.4, 0.5) is 0 Å². The van der Waals surface area contributed by atoms with Crippen molar-refractivity contribution >= 4 is 23.2 Å². The lowest BCUT2D eigenvalue weighted by atomic mass is 9.66. The van der Waals surface area contributed by atoms with Gasteiger partial charge in [0.15, 0.2) is 0 Å². The number of nitrogens with one attached hydrogen (secondary N) is 1.